The van der Waals surface area contributed by atoms with Gasteiger partial charge in [-0.2, -0.15) is 4.98 Å². The molecule has 2 aromatic carbocycles. The van der Waals surface area contributed by atoms with Crippen molar-refractivity contribution in [2.24, 2.45) is 0 Å². The van der Waals surface area contributed by atoms with Gasteiger partial charge in [-0.3, -0.25) is 0 Å². The number of hydrogen-bond acceptors (Lipinski definition) is 4. The van der Waals surface area contributed by atoms with Crippen molar-refractivity contribution in [2.75, 3.05) is 23.3 Å². The van der Waals surface area contributed by atoms with E-state index in [0.29, 0.717) is 0 Å². The number of hydrogen-bond donors (Lipinski definition) is 1. The zero-order valence-corrected chi connectivity index (χ0v) is 14.6. The number of anilines is 2. The molecule has 0 atom stereocenters. The summed E-state index contributed by atoms with van der Waals surface area (Å²) in [7, 11) is 0. The van der Waals surface area contributed by atoms with Crippen molar-refractivity contribution >= 4 is 11.8 Å². The third-order valence-electron chi connectivity index (χ3n) is 4.09. The molecule has 0 unspecified atom stereocenters. The van der Waals surface area contributed by atoms with Crippen molar-refractivity contribution in [3.63, 3.8) is 0 Å². The first-order valence-corrected chi connectivity index (χ1v) is 8.75. The van der Waals surface area contributed by atoms with Crippen LogP contribution in [0, 0.1) is 0 Å². The molecule has 0 aliphatic rings. The van der Waals surface area contributed by atoms with Crippen LogP contribution < -0.4 is 10.2 Å². The van der Waals surface area contributed by atoms with E-state index in [4.69, 9.17) is 0 Å². The summed E-state index contributed by atoms with van der Waals surface area (Å²) < 4.78 is 0. The second kappa shape index (κ2) is 8.83. The van der Waals surface area contributed by atoms with Crippen molar-refractivity contribution in [1.82, 2.24) is 9.97 Å². The molecule has 0 bridgehead atoms. The second-order valence-corrected chi connectivity index (χ2v) is 5.90. The molecule has 25 heavy (non-hydrogen) atoms. The Hall–Kier alpha value is -2.88. The van der Waals surface area contributed by atoms with Crippen LogP contribution in [0.15, 0.2) is 72.9 Å². The summed E-state index contributed by atoms with van der Waals surface area (Å²) in [6.07, 6.45) is 2.79. The molecule has 0 aliphatic heterocycles. The molecule has 3 rings (SSSR count). The van der Waals surface area contributed by atoms with E-state index in [1.807, 2.05) is 24.4 Å². The van der Waals surface area contributed by atoms with Crippen LogP contribution in [0.3, 0.4) is 0 Å². The maximum Gasteiger partial charge on any atom is 0.227 e. The molecule has 0 aliphatic carbocycles. The highest BCUT2D eigenvalue weighted by atomic mass is 15.3. The Kier molecular flexibility index (Phi) is 5.99. The minimum atomic E-state index is 0.760. The van der Waals surface area contributed by atoms with Crippen LogP contribution in [-0.2, 0) is 13.0 Å². The lowest BCUT2D eigenvalue weighted by molar-refractivity contribution is 0.791. The molecule has 0 spiro atoms. The SMILES string of the molecule is CCN(Cc1ccccc1)c1nccc(NCCc2ccccc2)n1. The van der Waals surface area contributed by atoms with Crippen molar-refractivity contribution in [1.29, 1.82) is 0 Å². The molecule has 1 aromatic heterocycles. The largest absolute Gasteiger partial charge is 0.370 e. The summed E-state index contributed by atoms with van der Waals surface area (Å²) in [5.74, 6) is 1.63. The monoisotopic (exact) mass is 332 g/mol. The third kappa shape index (κ3) is 5.05. The van der Waals surface area contributed by atoms with Crippen LogP contribution in [0.4, 0.5) is 11.8 Å². The van der Waals surface area contributed by atoms with Gasteiger partial charge in [-0.05, 0) is 30.5 Å². The standard InChI is InChI=1S/C21H24N4/c1-2-25(17-19-11-7-4-8-12-19)21-23-16-14-20(24-21)22-15-13-18-9-5-3-6-10-18/h3-12,14,16H,2,13,15,17H2,1H3,(H,22,23,24). The summed E-state index contributed by atoms with van der Waals surface area (Å²) in [5.41, 5.74) is 2.58. The van der Waals surface area contributed by atoms with Gasteiger partial charge in [0, 0.05) is 25.8 Å². The molecule has 4 nitrogen and oxygen atoms in total. The van der Waals surface area contributed by atoms with Gasteiger partial charge in [0.1, 0.15) is 5.82 Å². The number of rotatable bonds is 8. The van der Waals surface area contributed by atoms with Gasteiger partial charge in [0.15, 0.2) is 0 Å². The first kappa shape index (κ1) is 17.0. The summed E-state index contributed by atoms with van der Waals surface area (Å²) >= 11 is 0. The molecule has 1 heterocycles. The highest BCUT2D eigenvalue weighted by Crippen LogP contribution is 2.14. The Labute approximate surface area is 149 Å². The summed E-state index contributed by atoms with van der Waals surface area (Å²) in [6.45, 7) is 4.65. The van der Waals surface area contributed by atoms with Crippen LogP contribution in [0.5, 0.6) is 0 Å². The number of nitrogens with zero attached hydrogens (tertiary/aromatic N) is 3. The minimum absolute atomic E-state index is 0.760. The fourth-order valence-corrected chi connectivity index (χ4v) is 2.71. The van der Waals surface area contributed by atoms with E-state index in [2.05, 4.69) is 75.6 Å². The Bertz CT molecular complexity index is 759. The lowest BCUT2D eigenvalue weighted by Crippen LogP contribution is -2.24. The van der Waals surface area contributed by atoms with Gasteiger partial charge in [0.2, 0.25) is 5.95 Å². The van der Waals surface area contributed by atoms with E-state index in [-0.39, 0.29) is 0 Å². The van der Waals surface area contributed by atoms with E-state index in [0.717, 1.165) is 37.8 Å². The quantitative estimate of drug-likeness (QED) is 0.672. The maximum atomic E-state index is 4.67. The molecule has 0 saturated heterocycles. The number of nitrogens with one attached hydrogen (secondary N) is 1. The molecule has 0 radical (unpaired) electrons. The molecule has 0 amide bonds. The van der Waals surface area contributed by atoms with E-state index in [1.165, 1.54) is 11.1 Å². The van der Waals surface area contributed by atoms with Gasteiger partial charge in [-0.25, -0.2) is 4.98 Å². The van der Waals surface area contributed by atoms with Crippen LogP contribution in [0.25, 0.3) is 0 Å². The zero-order chi connectivity index (χ0) is 17.3. The maximum absolute atomic E-state index is 4.67. The van der Waals surface area contributed by atoms with Gasteiger partial charge in [0.25, 0.3) is 0 Å². The van der Waals surface area contributed by atoms with E-state index >= 15 is 0 Å². The predicted octanol–water partition coefficient (Wildman–Crippen LogP) is 4.16. The lowest BCUT2D eigenvalue weighted by atomic mass is 10.1. The zero-order valence-electron chi connectivity index (χ0n) is 14.6. The Morgan fingerprint density at radius 3 is 2.24 bits per heavy atom. The average molecular weight is 332 g/mol. The molecule has 3 aromatic rings. The second-order valence-electron chi connectivity index (χ2n) is 5.90. The third-order valence-corrected chi connectivity index (χ3v) is 4.09. The highest BCUT2D eigenvalue weighted by Gasteiger charge is 2.09. The Balaban J connectivity index is 1.61. The van der Waals surface area contributed by atoms with Gasteiger partial charge >= 0.3 is 0 Å². The molecule has 4 heteroatoms. The highest BCUT2D eigenvalue weighted by molar-refractivity contribution is 5.42. The fraction of sp³-hybridized carbons (Fsp3) is 0.238. The van der Waals surface area contributed by atoms with Crippen LogP contribution >= 0.6 is 0 Å². The van der Waals surface area contributed by atoms with Crippen molar-refractivity contribution in [2.45, 2.75) is 19.9 Å². The van der Waals surface area contributed by atoms with E-state index in [9.17, 15) is 0 Å². The van der Waals surface area contributed by atoms with Gasteiger partial charge < -0.3 is 10.2 Å². The molecular formula is C21H24N4. The number of aromatic nitrogens is 2. The van der Waals surface area contributed by atoms with Crippen molar-refractivity contribution in [3.8, 4) is 0 Å². The van der Waals surface area contributed by atoms with Gasteiger partial charge in [-0.1, -0.05) is 60.7 Å². The van der Waals surface area contributed by atoms with Crippen molar-refractivity contribution in [3.05, 3.63) is 84.1 Å². The van der Waals surface area contributed by atoms with Gasteiger partial charge in [0.05, 0.1) is 0 Å². The Morgan fingerprint density at radius 2 is 1.56 bits per heavy atom. The van der Waals surface area contributed by atoms with Crippen molar-refractivity contribution < 1.29 is 0 Å². The molecule has 0 fully saturated rings. The van der Waals surface area contributed by atoms with E-state index < -0.39 is 0 Å². The summed E-state index contributed by atoms with van der Waals surface area (Å²) in [5, 5.41) is 3.40. The van der Waals surface area contributed by atoms with Crippen LogP contribution in [0.2, 0.25) is 0 Å². The fourth-order valence-electron chi connectivity index (χ4n) is 2.71. The van der Waals surface area contributed by atoms with E-state index in [1.54, 1.807) is 0 Å². The first-order valence-electron chi connectivity index (χ1n) is 8.75. The topological polar surface area (TPSA) is 41.1 Å². The molecule has 0 saturated carbocycles. The molecule has 128 valence electrons. The lowest BCUT2D eigenvalue weighted by Gasteiger charge is -2.21. The summed E-state index contributed by atoms with van der Waals surface area (Å²) in [6, 6.07) is 22.8. The number of benzene rings is 2. The molecule has 1 N–H and O–H groups in total. The molecular weight excluding hydrogens is 308 g/mol. The smallest absolute Gasteiger partial charge is 0.227 e. The minimum Gasteiger partial charge on any atom is -0.370 e. The van der Waals surface area contributed by atoms with Gasteiger partial charge in [-0.15, -0.1) is 0 Å². The normalized spacial score (nSPS) is 10.4. The first-order chi connectivity index (χ1) is 12.3. The van der Waals surface area contributed by atoms with Crippen LogP contribution in [-0.4, -0.2) is 23.1 Å². The predicted molar refractivity (Wildman–Crippen MR) is 104 cm³/mol. The van der Waals surface area contributed by atoms with Crippen LogP contribution in [0.1, 0.15) is 18.1 Å². The average Bonchev–Trinajstić information content (AvgIpc) is 2.68. The Morgan fingerprint density at radius 1 is 0.880 bits per heavy atom. The summed E-state index contributed by atoms with van der Waals surface area (Å²) in [4.78, 5) is 11.3.